The quantitative estimate of drug-likeness (QED) is 0.499. The normalized spacial score (nSPS) is 12.5. The average Bonchev–Trinajstić information content (AvgIpc) is 2.99. The topological polar surface area (TPSA) is 78.5 Å². The molecule has 0 radical (unpaired) electrons. The van der Waals surface area contributed by atoms with Crippen molar-refractivity contribution in [2.75, 3.05) is 10.2 Å². The fourth-order valence-electron chi connectivity index (χ4n) is 3.09. The van der Waals surface area contributed by atoms with Gasteiger partial charge in [-0.05, 0) is 66.8 Å². The maximum absolute atomic E-state index is 13.0. The van der Waals surface area contributed by atoms with Crippen LogP contribution in [0.2, 0.25) is 0 Å². The smallest absolute Gasteiger partial charge is 0.266 e. The minimum Gasteiger partial charge on any atom is -0.332 e. The molecule has 2 N–H and O–H groups in total. The van der Waals surface area contributed by atoms with E-state index in [9.17, 15) is 18.8 Å². The van der Waals surface area contributed by atoms with Crippen molar-refractivity contribution in [3.63, 3.8) is 0 Å². The second kappa shape index (κ2) is 7.84. The predicted molar refractivity (Wildman–Crippen MR) is 114 cm³/mol. The van der Waals surface area contributed by atoms with Crippen molar-refractivity contribution < 1.29 is 18.8 Å². The SMILES string of the molecule is O=C(NC(=S)Nc1cccc(N2C(=O)c3ccccc3C2=O)c1)c1ccc(F)cc1. The van der Waals surface area contributed by atoms with E-state index in [2.05, 4.69) is 10.6 Å². The van der Waals surface area contributed by atoms with Crippen LogP contribution in [0.1, 0.15) is 31.1 Å². The fourth-order valence-corrected chi connectivity index (χ4v) is 3.30. The van der Waals surface area contributed by atoms with Gasteiger partial charge in [-0.25, -0.2) is 9.29 Å². The van der Waals surface area contributed by atoms with Gasteiger partial charge in [0.2, 0.25) is 0 Å². The van der Waals surface area contributed by atoms with Gasteiger partial charge >= 0.3 is 0 Å². The average molecular weight is 419 g/mol. The van der Waals surface area contributed by atoms with E-state index < -0.39 is 23.5 Å². The van der Waals surface area contributed by atoms with E-state index in [1.165, 1.54) is 24.3 Å². The molecule has 3 amide bonds. The number of imide groups is 1. The van der Waals surface area contributed by atoms with Gasteiger partial charge < -0.3 is 5.32 Å². The van der Waals surface area contributed by atoms with Crippen molar-refractivity contribution in [3.05, 3.63) is 95.3 Å². The molecule has 4 rings (SSSR count). The van der Waals surface area contributed by atoms with Gasteiger partial charge in [0.25, 0.3) is 17.7 Å². The molecule has 0 unspecified atom stereocenters. The summed E-state index contributed by atoms with van der Waals surface area (Å²) in [6, 6.07) is 18.2. The summed E-state index contributed by atoms with van der Waals surface area (Å²) in [4.78, 5) is 38.6. The van der Waals surface area contributed by atoms with Gasteiger partial charge in [0.05, 0.1) is 16.8 Å². The first-order chi connectivity index (χ1) is 14.4. The minimum atomic E-state index is -0.496. The van der Waals surface area contributed by atoms with Crippen LogP contribution in [-0.2, 0) is 0 Å². The molecule has 30 heavy (non-hydrogen) atoms. The standard InChI is InChI=1S/C22H14FN3O3S/c23-14-10-8-13(9-11-14)19(27)25-22(30)24-15-4-3-5-16(12-15)26-20(28)17-6-1-2-7-18(17)21(26)29/h1-12H,(H2,24,25,27,30). The van der Waals surface area contributed by atoms with E-state index >= 15 is 0 Å². The van der Waals surface area contributed by atoms with E-state index in [-0.39, 0.29) is 10.7 Å². The highest BCUT2D eigenvalue weighted by atomic mass is 32.1. The lowest BCUT2D eigenvalue weighted by Crippen LogP contribution is -2.34. The summed E-state index contributed by atoms with van der Waals surface area (Å²) in [6.07, 6.45) is 0. The molecular formula is C22H14FN3O3S. The molecule has 3 aromatic rings. The lowest BCUT2D eigenvalue weighted by atomic mass is 10.1. The number of rotatable bonds is 3. The Morgan fingerprint density at radius 1 is 0.867 bits per heavy atom. The van der Waals surface area contributed by atoms with E-state index in [1.807, 2.05) is 0 Å². The molecule has 3 aromatic carbocycles. The molecule has 148 valence electrons. The van der Waals surface area contributed by atoms with Gasteiger partial charge in [-0.15, -0.1) is 0 Å². The first-order valence-electron chi connectivity index (χ1n) is 8.90. The molecule has 0 saturated carbocycles. The van der Waals surface area contributed by atoms with Crippen molar-refractivity contribution >= 4 is 46.4 Å². The number of carbonyl (C=O) groups excluding carboxylic acids is 3. The van der Waals surface area contributed by atoms with E-state index in [0.29, 0.717) is 22.5 Å². The Kier molecular flexibility index (Phi) is 5.07. The summed E-state index contributed by atoms with van der Waals surface area (Å²) in [5, 5.41) is 5.36. The van der Waals surface area contributed by atoms with Crippen molar-refractivity contribution in [3.8, 4) is 0 Å². The molecule has 1 heterocycles. The predicted octanol–water partition coefficient (Wildman–Crippen LogP) is 3.75. The van der Waals surface area contributed by atoms with E-state index in [1.54, 1.807) is 48.5 Å². The van der Waals surface area contributed by atoms with Gasteiger partial charge in [-0.1, -0.05) is 18.2 Å². The highest BCUT2D eigenvalue weighted by molar-refractivity contribution is 7.80. The number of anilines is 2. The molecule has 0 atom stereocenters. The van der Waals surface area contributed by atoms with Gasteiger partial charge in [-0.2, -0.15) is 0 Å². The summed E-state index contributed by atoms with van der Waals surface area (Å²) < 4.78 is 13.0. The molecule has 8 heteroatoms. The second-order valence-electron chi connectivity index (χ2n) is 6.46. The van der Waals surface area contributed by atoms with Crippen LogP contribution in [-0.4, -0.2) is 22.8 Å². The first kappa shape index (κ1) is 19.4. The summed E-state index contributed by atoms with van der Waals surface area (Å²) >= 11 is 5.15. The molecule has 0 fully saturated rings. The fraction of sp³-hybridized carbons (Fsp3) is 0. The van der Waals surface area contributed by atoms with E-state index in [0.717, 1.165) is 4.90 Å². The van der Waals surface area contributed by atoms with Crippen LogP contribution in [0.25, 0.3) is 0 Å². The highest BCUT2D eigenvalue weighted by Gasteiger charge is 2.36. The van der Waals surface area contributed by atoms with Crippen LogP contribution in [0.15, 0.2) is 72.8 Å². The Balaban J connectivity index is 1.48. The Bertz CT molecular complexity index is 1160. The third kappa shape index (κ3) is 3.68. The summed E-state index contributed by atoms with van der Waals surface area (Å²) in [6.45, 7) is 0. The molecule has 0 spiro atoms. The number of thiocarbonyl (C=S) groups is 1. The van der Waals surface area contributed by atoms with Gasteiger partial charge in [0.1, 0.15) is 5.82 Å². The maximum atomic E-state index is 13.0. The zero-order chi connectivity index (χ0) is 21.3. The van der Waals surface area contributed by atoms with Crippen LogP contribution in [0.5, 0.6) is 0 Å². The molecule has 0 saturated heterocycles. The summed E-state index contributed by atoms with van der Waals surface area (Å²) in [7, 11) is 0. The number of carbonyl (C=O) groups is 3. The number of benzene rings is 3. The highest BCUT2D eigenvalue weighted by Crippen LogP contribution is 2.29. The Morgan fingerprint density at radius 3 is 2.13 bits per heavy atom. The van der Waals surface area contributed by atoms with Crippen molar-refractivity contribution in [2.45, 2.75) is 0 Å². The lowest BCUT2D eigenvalue weighted by Gasteiger charge is -2.16. The lowest BCUT2D eigenvalue weighted by molar-refractivity contribution is 0.0924. The molecule has 6 nitrogen and oxygen atoms in total. The van der Waals surface area contributed by atoms with Crippen LogP contribution in [0.4, 0.5) is 15.8 Å². The Labute approximate surface area is 176 Å². The van der Waals surface area contributed by atoms with Gasteiger partial charge in [0, 0.05) is 11.3 Å². The molecular weight excluding hydrogens is 405 g/mol. The number of halogens is 1. The van der Waals surface area contributed by atoms with Crippen LogP contribution in [0, 0.1) is 5.82 Å². The third-order valence-electron chi connectivity index (χ3n) is 4.49. The zero-order valence-electron chi connectivity index (χ0n) is 15.4. The second-order valence-corrected chi connectivity index (χ2v) is 6.87. The summed E-state index contributed by atoms with van der Waals surface area (Å²) in [5.74, 6) is -1.75. The van der Waals surface area contributed by atoms with Crippen LogP contribution < -0.4 is 15.5 Å². The number of amides is 3. The van der Waals surface area contributed by atoms with Crippen molar-refractivity contribution in [1.29, 1.82) is 0 Å². The number of nitrogens with zero attached hydrogens (tertiary/aromatic N) is 1. The third-order valence-corrected chi connectivity index (χ3v) is 4.69. The largest absolute Gasteiger partial charge is 0.332 e. The van der Waals surface area contributed by atoms with Gasteiger partial charge in [0.15, 0.2) is 5.11 Å². The summed E-state index contributed by atoms with van der Waals surface area (Å²) in [5.41, 5.74) is 1.80. The van der Waals surface area contributed by atoms with Crippen molar-refractivity contribution in [1.82, 2.24) is 5.32 Å². The molecule has 0 aliphatic carbocycles. The molecule has 1 aliphatic heterocycles. The van der Waals surface area contributed by atoms with E-state index in [4.69, 9.17) is 12.2 Å². The van der Waals surface area contributed by atoms with Crippen molar-refractivity contribution in [2.24, 2.45) is 0 Å². The molecule has 1 aliphatic rings. The van der Waals surface area contributed by atoms with Crippen LogP contribution >= 0.6 is 12.2 Å². The number of hydrogen-bond donors (Lipinski definition) is 2. The maximum Gasteiger partial charge on any atom is 0.266 e. The number of hydrogen-bond acceptors (Lipinski definition) is 4. The number of fused-ring (bicyclic) bond motifs is 1. The van der Waals surface area contributed by atoms with Crippen LogP contribution in [0.3, 0.4) is 0 Å². The molecule has 0 bridgehead atoms. The van der Waals surface area contributed by atoms with Gasteiger partial charge in [-0.3, -0.25) is 19.7 Å². The zero-order valence-corrected chi connectivity index (χ0v) is 16.2. The Hall–Kier alpha value is -3.91. The first-order valence-corrected chi connectivity index (χ1v) is 9.30. The monoisotopic (exact) mass is 419 g/mol. The molecule has 0 aromatic heterocycles. The number of nitrogens with one attached hydrogen (secondary N) is 2. The minimum absolute atomic E-state index is 0.0174. The Morgan fingerprint density at radius 2 is 1.50 bits per heavy atom.